The minimum Gasteiger partial charge on any atom is -0.497 e. The first-order chi connectivity index (χ1) is 19.9. The van der Waals surface area contributed by atoms with Crippen molar-refractivity contribution < 1.29 is 19.4 Å². The van der Waals surface area contributed by atoms with Gasteiger partial charge in [-0.25, -0.2) is 0 Å². The molecule has 2 aliphatic rings. The maximum absolute atomic E-state index is 14.3. The Labute approximate surface area is 244 Å². The van der Waals surface area contributed by atoms with Crippen molar-refractivity contribution in [2.75, 3.05) is 25.1 Å². The van der Waals surface area contributed by atoms with Gasteiger partial charge in [0.05, 0.1) is 35.5 Å². The minimum atomic E-state index is -0.340. The summed E-state index contributed by atoms with van der Waals surface area (Å²) in [6.45, 7) is 3.10. The number of thiophene rings is 1. The average molecular weight is 573 g/mol. The molecule has 3 heterocycles. The highest BCUT2D eigenvalue weighted by atomic mass is 32.1. The Morgan fingerprint density at radius 2 is 1.71 bits per heavy atom. The second-order valence-electron chi connectivity index (χ2n) is 11.1. The predicted molar refractivity (Wildman–Crippen MR) is 162 cm³/mol. The van der Waals surface area contributed by atoms with Crippen molar-refractivity contribution >= 4 is 44.7 Å². The molecule has 214 valence electrons. The van der Waals surface area contributed by atoms with Crippen LogP contribution < -0.4 is 9.64 Å². The average Bonchev–Trinajstić information content (AvgIpc) is 3.59. The number of rotatable bonds is 6. The molecule has 0 radical (unpaired) electrons. The Morgan fingerprint density at radius 1 is 0.976 bits per heavy atom. The van der Waals surface area contributed by atoms with Crippen molar-refractivity contribution in [2.24, 2.45) is 0 Å². The molecule has 2 amide bonds. The highest BCUT2D eigenvalue weighted by molar-refractivity contribution is 7.20. The molecule has 41 heavy (non-hydrogen) atoms. The van der Waals surface area contributed by atoms with Gasteiger partial charge in [0.1, 0.15) is 10.6 Å². The third-order valence-electron chi connectivity index (χ3n) is 8.34. The smallest absolute Gasteiger partial charge is 0.272 e. The number of carbonyl (C=O) groups excluding carboxylic acids is 2. The number of hydrogen-bond acceptors (Lipinski definition) is 6. The number of aromatic nitrogens is 2. The van der Waals surface area contributed by atoms with Crippen LogP contribution in [-0.4, -0.2) is 57.9 Å². The van der Waals surface area contributed by atoms with Crippen LogP contribution in [0.25, 0.3) is 10.2 Å². The molecule has 2 aromatic heterocycles. The number of carbonyl (C=O) groups is 2. The van der Waals surface area contributed by atoms with Gasteiger partial charge in [-0.05, 0) is 75.1 Å². The third-order valence-corrected chi connectivity index (χ3v) is 9.45. The van der Waals surface area contributed by atoms with Crippen LogP contribution >= 0.6 is 11.3 Å². The highest BCUT2D eigenvalue weighted by Crippen LogP contribution is 2.38. The maximum Gasteiger partial charge on any atom is 0.272 e. The fraction of sp³-hybridized carbons (Fsp3) is 0.406. The van der Waals surface area contributed by atoms with E-state index in [0.29, 0.717) is 59.5 Å². The molecule has 1 saturated carbocycles. The summed E-state index contributed by atoms with van der Waals surface area (Å²) >= 11 is 1.50. The van der Waals surface area contributed by atoms with Gasteiger partial charge in [-0.1, -0.05) is 25.3 Å². The van der Waals surface area contributed by atoms with Gasteiger partial charge in [0.2, 0.25) is 0 Å². The topological polar surface area (TPSA) is 87.9 Å². The number of piperidine rings is 1. The van der Waals surface area contributed by atoms with Gasteiger partial charge in [0.15, 0.2) is 0 Å². The Balaban J connectivity index is 1.34. The van der Waals surface area contributed by atoms with Crippen LogP contribution in [0.15, 0.2) is 54.6 Å². The number of hydrogen-bond donors (Lipinski definition) is 1. The zero-order chi connectivity index (χ0) is 28.5. The Kier molecular flexibility index (Phi) is 7.81. The molecular weight excluding hydrogens is 536 g/mol. The molecule has 6 rings (SSSR count). The SMILES string of the molecule is COc1cccc(N(C(=O)c2cc3c(C)nn(C4CCCCC4)c3s2)c2ccc(C(=O)N3CCC(O)CC3)cc2)c1. The summed E-state index contributed by atoms with van der Waals surface area (Å²) in [5.41, 5.74) is 2.86. The number of methoxy groups -OCH3 is 1. The normalized spacial score (nSPS) is 16.7. The molecule has 1 aliphatic carbocycles. The van der Waals surface area contributed by atoms with Crippen LogP contribution in [0.5, 0.6) is 5.75 Å². The van der Waals surface area contributed by atoms with Crippen LogP contribution in [0.1, 0.15) is 76.7 Å². The number of aliphatic hydroxyl groups excluding tert-OH is 1. The molecule has 1 saturated heterocycles. The van der Waals surface area contributed by atoms with Gasteiger partial charge in [-0.2, -0.15) is 5.10 Å². The van der Waals surface area contributed by atoms with Crippen molar-refractivity contribution in [1.29, 1.82) is 0 Å². The summed E-state index contributed by atoms with van der Waals surface area (Å²) in [5, 5.41) is 15.7. The van der Waals surface area contributed by atoms with E-state index < -0.39 is 0 Å². The van der Waals surface area contributed by atoms with Gasteiger partial charge >= 0.3 is 0 Å². The molecule has 0 spiro atoms. The molecule has 2 fully saturated rings. The number of nitrogens with zero attached hydrogens (tertiary/aromatic N) is 4. The zero-order valence-electron chi connectivity index (χ0n) is 23.6. The number of ether oxygens (including phenoxy) is 1. The molecule has 1 N–H and O–H groups in total. The van der Waals surface area contributed by atoms with E-state index in [1.165, 1.54) is 30.6 Å². The van der Waals surface area contributed by atoms with Crippen LogP contribution in [0.2, 0.25) is 0 Å². The Hall–Kier alpha value is -3.69. The molecule has 4 aromatic rings. The standard InChI is InChI=1S/C32H36N4O4S/c1-21-28-20-29(41-32(28)36(33-21)24-7-4-3-5-8-24)31(39)35(25-9-6-10-27(19-25)40-2)23-13-11-22(12-14-23)30(38)34-17-15-26(37)16-18-34/h6,9-14,19-20,24,26,37H,3-5,7-8,15-18H2,1-2H3. The number of fused-ring (bicyclic) bond motifs is 1. The second-order valence-corrected chi connectivity index (χ2v) is 12.1. The summed E-state index contributed by atoms with van der Waals surface area (Å²) in [4.78, 5) is 32.5. The summed E-state index contributed by atoms with van der Waals surface area (Å²) < 4.78 is 7.62. The number of aryl methyl sites for hydroxylation is 1. The lowest BCUT2D eigenvalue weighted by molar-refractivity contribution is 0.0546. The predicted octanol–water partition coefficient (Wildman–Crippen LogP) is 6.50. The van der Waals surface area contributed by atoms with E-state index in [-0.39, 0.29) is 17.9 Å². The molecule has 8 nitrogen and oxygen atoms in total. The maximum atomic E-state index is 14.3. The van der Waals surface area contributed by atoms with E-state index >= 15 is 0 Å². The van der Waals surface area contributed by atoms with E-state index in [1.54, 1.807) is 29.0 Å². The van der Waals surface area contributed by atoms with Crippen molar-refractivity contribution in [3.8, 4) is 5.75 Å². The van der Waals surface area contributed by atoms with Gasteiger partial charge in [-0.3, -0.25) is 19.2 Å². The molecule has 0 bridgehead atoms. The lowest BCUT2D eigenvalue weighted by Gasteiger charge is -2.30. The monoisotopic (exact) mass is 572 g/mol. The van der Waals surface area contributed by atoms with Crippen LogP contribution in [0, 0.1) is 6.92 Å². The summed E-state index contributed by atoms with van der Waals surface area (Å²) in [6.07, 6.45) is 6.78. The number of benzene rings is 2. The fourth-order valence-corrected chi connectivity index (χ4v) is 7.16. The second kappa shape index (κ2) is 11.7. The van der Waals surface area contributed by atoms with Crippen molar-refractivity contribution in [1.82, 2.24) is 14.7 Å². The van der Waals surface area contributed by atoms with E-state index in [4.69, 9.17) is 9.84 Å². The summed E-state index contributed by atoms with van der Waals surface area (Å²) in [5.74, 6) is 0.451. The number of aliphatic hydroxyl groups is 1. The molecule has 9 heteroatoms. The van der Waals surface area contributed by atoms with E-state index in [2.05, 4.69) is 4.68 Å². The number of amides is 2. The van der Waals surface area contributed by atoms with Crippen LogP contribution in [0.3, 0.4) is 0 Å². The zero-order valence-corrected chi connectivity index (χ0v) is 24.4. The van der Waals surface area contributed by atoms with E-state index in [9.17, 15) is 14.7 Å². The summed E-state index contributed by atoms with van der Waals surface area (Å²) in [6, 6.07) is 17.0. The Bertz CT molecular complexity index is 1550. The number of likely N-dealkylation sites (tertiary alicyclic amines) is 1. The largest absolute Gasteiger partial charge is 0.497 e. The van der Waals surface area contributed by atoms with Crippen molar-refractivity contribution in [3.63, 3.8) is 0 Å². The van der Waals surface area contributed by atoms with Gasteiger partial charge < -0.3 is 14.7 Å². The van der Waals surface area contributed by atoms with Crippen LogP contribution in [0.4, 0.5) is 11.4 Å². The van der Waals surface area contributed by atoms with Crippen LogP contribution in [-0.2, 0) is 0 Å². The minimum absolute atomic E-state index is 0.0602. The highest BCUT2D eigenvalue weighted by Gasteiger charge is 2.27. The lowest BCUT2D eigenvalue weighted by Crippen LogP contribution is -2.40. The third kappa shape index (κ3) is 5.48. The molecule has 0 atom stereocenters. The molecule has 0 unspecified atom stereocenters. The first kappa shape index (κ1) is 27.5. The first-order valence-corrected chi connectivity index (χ1v) is 15.3. The fourth-order valence-electron chi connectivity index (χ4n) is 6.00. The number of anilines is 2. The van der Waals surface area contributed by atoms with E-state index in [1.807, 2.05) is 49.4 Å². The van der Waals surface area contributed by atoms with Crippen molar-refractivity contribution in [3.05, 3.63) is 70.7 Å². The molecule has 2 aromatic carbocycles. The molecule has 1 aliphatic heterocycles. The van der Waals surface area contributed by atoms with Crippen molar-refractivity contribution in [2.45, 2.75) is 64.0 Å². The lowest BCUT2D eigenvalue weighted by atomic mass is 9.96. The first-order valence-electron chi connectivity index (χ1n) is 14.5. The van der Waals surface area contributed by atoms with E-state index in [0.717, 1.165) is 28.8 Å². The van der Waals surface area contributed by atoms with Gasteiger partial charge in [0, 0.05) is 35.8 Å². The quantitative estimate of drug-likeness (QED) is 0.285. The summed E-state index contributed by atoms with van der Waals surface area (Å²) in [7, 11) is 1.61. The molecular formula is C32H36N4O4S. The van der Waals surface area contributed by atoms with Gasteiger partial charge in [-0.15, -0.1) is 11.3 Å². The Morgan fingerprint density at radius 3 is 2.41 bits per heavy atom. The van der Waals surface area contributed by atoms with Gasteiger partial charge in [0.25, 0.3) is 11.8 Å².